The number of carbonyl (C=O) groups excluding carboxylic acids is 1. The Kier molecular flexibility index (Phi) is 5.25. The highest BCUT2D eigenvalue weighted by atomic mass is 16.1. The second-order valence-corrected chi connectivity index (χ2v) is 6.97. The topological polar surface area (TPSA) is 73.9 Å². The summed E-state index contributed by atoms with van der Waals surface area (Å²) in [6.07, 6.45) is 7.38. The molecule has 6 heteroatoms. The number of pyridine rings is 1. The molecule has 1 unspecified atom stereocenters. The van der Waals surface area contributed by atoms with E-state index in [1.807, 2.05) is 42.6 Å². The van der Waals surface area contributed by atoms with Crippen LogP contribution in [0.5, 0.6) is 0 Å². The highest BCUT2D eigenvalue weighted by Crippen LogP contribution is 2.22. The van der Waals surface area contributed by atoms with Crippen LogP contribution in [0.15, 0.2) is 61.1 Å². The van der Waals surface area contributed by atoms with E-state index in [1.54, 1.807) is 12.4 Å². The molecule has 1 fully saturated rings. The summed E-state index contributed by atoms with van der Waals surface area (Å²) in [5.41, 5.74) is 4.03. The Bertz CT molecular complexity index is 861. The lowest BCUT2D eigenvalue weighted by Gasteiger charge is -2.31. The number of anilines is 1. The number of nitrogens with zero attached hydrogens (tertiary/aromatic N) is 3. The molecule has 0 aliphatic carbocycles. The van der Waals surface area contributed by atoms with Gasteiger partial charge in [-0.1, -0.05) is 18.2 Å². The molecule has 0 spiro atoms. The standard InChI is InChI=1S/C21H23N5O/c27-21(24-19-7-5-17(6-8-19)20-9-11-23-25-20)18-4-2-12-26(15-18)14-16-3-1-10-22-13-16/h1,3,5-11,13,18H,2,4,12,14-15H2,(H,23,25)(H,24,27). The number of hydrogen-bond acceptors (Lipinski definition) is 4. The monoisotopic (exact) mass is 361 g/mol. The lowest BCUT2D eigenvalue weighted by molar-refractivity contribution is -0.121. The van der Waals surface area contributed by atoms with E-state index in [9.17, 15) is 4.79 Å². The van der Waals surface area contributed by atoms with Crippen molar-refractivity contribution in [1.29, 1.82) is 0 Å². The van der Waals surface area contributed by atoms with Crippen LogP contribution in [0.2, 0.25) is 0 Å². The van der Waals surface area contributed by atoms with Crippen LogP contribution in [0.3, 0.4) is 0 Å². The van der Waals surface area contributed by atoms with Gasteiger partial charge in [0.1, 0.15) is 0 Å². The predicted octanol–water partition coefficient (Wildman–Crippen LogP) is 3.32. The maximum atomic E-state index is 12.7. The number of H-pyrrole nitrogens is 1. The number of aromatic amines is 1. The van der Waals surface area contributed by atoms with Crippen LogP contribution in [-0.2, 0) is 11.3 Å². The van der Waals surface area contributed by atoms with E-state index >= 15 is 0 Å². The van der Waals surface area contributed by atoms with Gasteiger partial charge in [0.2, 0.25) is 5.91 Å². The molecule has 0 saturated carbocycles. The molecule has 138 valence electrons. The number of nitrogens with one attached hydrogen (secondary N) is 2. The number of hydrogen-bond donors (Lipinski definition) is 2. The number of benzene rings is 1. The van der Waals surface area contributed by atoms with E-state index < -0.39 is 0 Å². The molecular weight excluding hydrogens is 338 g/mol. The van der Waals surface area contributed by atoms with E-state index in [4.69, 9.17) is 0 Å². The van der Waals surface area contributed by atoms with Crippen LogP contribution in [0.1, 0.15) is 18.4 Å². The van der Waals surface area contributed by atoms with Crippen LogP contribution in [0, 0.1) is 5.92 Å². The molecule has 1 amide bonds. The number of carbonyl (C=O) groups is 1. The van der Waals surface area contributed by atoms with Gasteiger partial charge in [-0.2, -0.15) is 5.10 Å². The van der Waals surface area contributed by atoms with E-state index in [0.29, 0.717) is 0 Å². The molecule has 0 radical (unpaired) electrons. The van der Waals surface area contributed by atoms with Crippen molar-refractivity contribution >= 4 is 11.6 Å². The molecule has 6 nitrogen and oxygen atoms in total. The van der Waals surface area contributed by atoms with Gasteiger partial charge >= 0.3 is 0 Å². The summed E-state index contributed by atoms with van der Waals surface area (Å²) in [7, 11) is 0. The van der Waals surface area contributed by atoms with Crippen LogP contribution < -0.4 is 5.32 Å². The van der Waals surface area contributed by atoms with Crippen molar-refractivity contribution in [1.82, 2.24) is 20.1 Å². The van der Waals surface area contributed by atoms with Crippen molar-refractivity contribution in [2.75, 3.05) is 18.4 Å². The van der Waals surface area contributed by atoms with Crippen LogP contribution in [0.4, 0.5) is 5.69 Å². The van der Waals surface area contributed by atoms with Gasteiger partial charge < -0.3 is 5.32 Å². The SMILES string of the molecule is O=C(Nc1ccc(-c2ccn[nH]2)cc1)C1CCCN(Cc2cccnc2)C1. The maximum Gasteiger partial charge on any atom is 0.228 e. The first-order chi connectivity index (χ1) is 13.3. The third-order valence-corrected chi connectivity index (χ3v) is 4.97. The fourth-order valence-corrected chi connectivity index (χ4v) is 3.56. The van der Waals surface area contributed by atoms with Crippen LogP contribution in [-0.4, -0.2) is 39.1 Å². The summed E-state index contributed by atoms with van der Waals surface area (Å²) in [5, 5.41) is 9.97. The van der Waals surface area contributed by atoms with E-state index in [2.05, 4.69) is 31.5 Å². The minimum Gasteiger partial charge on any atom is -0.326 e. The quantitative estimate of drug-likeness (QED) is 0.731. The van der Waals surface area contributed by atoms with Crippen LogP contribution >= 0.6 is 0 Å². The van der Waals surface area contributed by atoms with Gasteiger partial charge in [-0.3, -0.25) is 19.8 Å². The molecule has 27 heavy (non-hydrogen) atoms. The Morgan fingerprint density at radius 2 is 2.07 bits per heavy atom. The van der Waals surface area contributed by atoms with Gasteiger partial charge in [-0.15, -0.1) is 0 Å². The average Bonchev–Trinajstić information content (AvgIpc) is 3.24. The van der Waals surface area contributed by atoms with E-state index in [-0.39, 0.29) is 11.8 Å². The molecule has 4 rings (SSSR count). The highest BCUT2D eigenvalue weighted by molar-refractivity contribution is 5.93. The Morgan fingerprint density at radius 3 is 2.81 bits per heavy atom. The molecule has 0 bridgehead atoms. The first-order valence-electron chi connectivity index (χ1n) is 9.30. The van der Waals surface area contributed by atoms with Gasteiger partial charge in [0.25, 0.3) is 0 Å². The zero-order chi connectivity index (χ0) is 18.5. The minimum atomic E-state index is 0.0164. The number of amides is 1. The van der Waals surface area contributed by atoms with Crippen molar-refractivity contribution in [3.8, 4) is 11.3 Å². The lowest BCUT2D eigenvalue weighted by Crippen LogP contribution is -2.40. The van der Waals surface area contributed by atoms with Crippen LogP contribution in [0.25, 0.3) is 11.3 Å². The summed E-state index contributed by atoms with van der Waals surface area (Å²) < 4.78 is 0. The van der Waals surface area contributed by atoms with Gasteiger partial charge in [0, 0.05) is 37.4 Å². The zero-order valence-electron chi connectivity index (χ0n) is 15.1. The number of aromatic nitrogens is 3. The molecule has 2 N–H and O–H groups in total. The van der Waals surface area contributed by atoms with Gasteiger partial charge in [-0.25, -0.2) is 0 Å². The van der Waals surface area contributed by atoms with Crippen molar-refractivity contribution in [3.63, 3.8) is 0 Å². The summed E-state index contributed by atoms with van der Waals surface area (Å²) >= 11 is 0. The lowest BCUT2D eigenvalue weighted by atomic mass is 9.96. The molecular formula is C21H23N5O. The molecule has 1 saturated heterocycles. The predicted molar refractivity (Wildman–Crippen MR) is 105 cm³/mol. The van der Waals surface area contributed by atoms with Crippen molar-refractivity contribution in [3.05, 3.63) is 66.6 Å². The van der Waals surface area contributed by atoms with Gasteiger partial charge in [0.05, 0.1) is 11.6 Å². The van der Waals surface area contributed by atoms with E-state index in [1.165, 1.54) is 5.56 Å². The minimum absolute atomic E-state index is 0.0164. The fraction of sp³-hybridized carbons (Fsp3) is 0.286. The smallest absolute Gasteiger partial charge is 0.228 e. The zero-order valence-corrected chi connectivity index (χ0v) is 15.1. The Balaban J connectivity index is 1.35. The fourth-order valence-electron chi connectivity index (χ4n) is 3.56. The summed E-state index contributed by atoms with van der Waals surface area (Å²) in [5.74, 6) is 0.114. The average molecular weight is 361 g/mol. The van der Waals surface area contributed by atoms with Gasteiger partial charge in [0.15, 0.2) is 0 Å². The van der Waals surface area contributed by atoms with Crippen molar-refractivity contribution < 1.29 is 4.79 Å². The highest BCUT2D eigenvalue weighted by Gasteiger charge is 2.25. The molecule has 3 heterocycles. The Hall–Kier alpha value is -2.99. The molecule has 1 aromatic carbocycles. The third kappa shape index (κ3) is 4.41. The van der Waals surface area contributed by atoms with Gasteiger partial charge in [-0.05, 0) is 54.8 Å². The molecule has 2 aromatic heterocycles. The first-order valence-corrected chi connectivity index (χ1v) is 9.30. The summed E-state index contributed by atoms with van der Waals surface area (Å²) in [6.45, 7) is 2.65. The second kappa shape index (κ2) is 8.14. The van der Waals surface area contributed by atoms with Crippen molar-refractivity contribution in [2.45, 2.75) is 19.4 Å². The third-order valence-electron chi connectivity index (χ3n) is 4.97. The first kappa shape index (κ1) is 17.4. The number of likely N-dealkylation sites (tertiary alicyclic amines) is 1. The Labute approximate surface area is 158 Å². The second-order valence-electron chi connectivity index (χ2n) is 6.97. The number of rotatable bonds is 5. The normalized spacial score (nSPS) is 17.6. The molecule has 1 aliphatic rings. The molecule has 1 aliphatic heterocycles. The number of piperidine rings is 1. The maximum absolute atomic E-state index is 12.7. The largest absolute Gasteiger partial charge is 0.326 e. The molecule has 1 atom stereocenters. The summed E-state index contributed by atoms with van der Waals surface area (Å²) in [4.78, 5) is 19.2. The van der Waals surface area contributed by atoms with E-state index in [0.717, 1.165) is 49.4 Å². The molecule has 3 aromatic rings. The summed E-state index contributed by atoms with van der Waals surface area (Å²) in [6, 6.07) is 13.8. The van der Waals surface area contributed by atoms with Crippen molar-refractivity contribution in [2.24, 2.45) is 5.92 Å². The Morgan fingerprint density at radius 1 is 1.19 bits per heavy atom.